The van der Waals surface area contributed by atoms with Gasteiger partial charge in [0.1, 0.15) is 0 Å². The molecular weight excluding hydrogens is 256 g/mol. The van der Waals surface area contributed by atoms with Crippen molar-refractivity contribution in [2.45, 2.75) is 6.42 Å². The number of carbonyl (C=O) groups is 1. The normalized spacial score (nSPS) is 16.9. The first kappa shape index (κ1) is 11.0. The van der Waals surface area contributed by atoms with Crippen molar-refractivity contribution in [3.05, 3.63) is 82.5 Å². The Labute approximate surface area is 122 Å². The number of benzene rings is 2. The van der Waals surface area contributed by atoms with Gasteiger partial charge in [-0.15, -0.1) is 0 Å². The predicted molar refractivity (Wildman–Crippen MR) is 84.8 cm³/mol. The molecule has 0 aliphatic heterocycles. The molecule has 3 aliphatic rings. The minimum atomic E-state index is 0.118. The Kier molecular flexibility index (Phi) is 1.95. The summed E-state index contributed by atoms with van der Waals surface area (Å²) in [6.45, 7) is 0. The Balaban J connectivity index is 1.79. The first-order chi connectivity index (χ1) is 10.3. The van der Waals surface area contributed by atoms with Crippen LogP contribution in [0.1, 0.15) is 22.3 Å². The molecular formula is C20H12O. The van der Waals surface area contributed by atoms with E-state index in [1.165, 1.54) is 33.4 Å². The summed E-state index contributed by atoms with van der Waals surface area (Å²) >= 11 is 0. The third kappa shape index (κ3) is 1.33. The lowest BCUT2D eigenvalue weighted by Gasteiger charge is -2.09. The van der Waals surface area contributed by atoms with Crippen LogP contribution in [0.25, 0.3) is 22.8 Å². The molecule has 0 spiro atoms. The van der Waals surface area contributed by atoms with Gasteiger partial charge in [0.25, 0.3) is 0 Å². The van der Waals surface area contributed by atoms with Crippen molar-refractivity contribution in [1.29, 1.82) is 0 Å². The van der Waals surface area contributed by atoms with E-state index >= 15 is 0 Å². The minimum absolute atomic E-state index is 0.118. The molecule has 0 radical (unpaired) electrons. The number of fused-ring (bicyclic) bond motifs is 7. The average Bonchev–Trinajstić information content (AvgIpc) is 3.06. The number of carbonyl (C=O) groups excluding carboxylic acids is 1. The van der Waals surface area contributed by atoms with Crippen molar-refractivity contribution < 1.29 is 4.79 Å². The maximum atomic E-state index is 12.1. The van der Waals surface area contributed by atoms with Crippen LogP contribution in [0.2, 0.25) is 0 Å². The highest BCUT2D eigenvalue weighted by molar-refractivity contribution is 6.24. The van der Waals surface area contributed by atoms with Crippen LogP contribution >= 0.6 is 0 Å². The minimum Gasteiger partial charge on any atom is -0.289 e. The number of ketones is 1. The Morgan fingerprint density at radius 2 is 1.71 bits per heavy atom. The van der Waals surface area contributed by atoms with Gasteiger partial charge in [-0.25, -0.2) is 0 Å². The van der Waals surface area contributed by atoms with E-state index in [9.17, 15) is 4.79 Å². The second kappa shape index (κ2) is 3.70. The summed E-state index contributed by atoms with van der Waals surface area (Å²) < 4.78 is 0. The Morgan fingerprint density at radius 1 is 0.857 bits per heavy atom. The van der Waals surface area contributed by atoms with Crippen LogP contribution in [0.5, 0.6) is 0 Å². The fourth-order valence-corrected chi connectivity index (χ4v) is 3.71. The number of hydrogen-bond donors (Lipinski definition) is 0. The fraction of sp³-hybridized carbons (Fsp3) is 0.0500. The van der Waals surface area contributed by atoms with E-state index in [1.54, 1.807) is 6.08 Å². The molecule has 0 bridgehead atoms. The van der Waals surface area contributed by atoms with Crippen molar-refractivity contribution in [3.63, 3.8) is 0 Å². The van der Waals surface area contributed by atoms with Crippen molar-refractivity contribution in [2.24, 2.45) is 0 Å². The van der Waals surface area contributed by atoms with Crippen LogP contribution in [-0.2, 0) is 11.2 Å². The molecule has 5 rings (SSSR count). The highest BCUT2D eigenvalue weighted by atomic mass is 16.1. The molecule has 2 aromatic carbocycles. The zero-order valence-corrected chi connectivity index (χ0v) is 11.4. The SMILES string of the molecule is O=C1C=CC=C2C1=Cc1c2ccc2c1Cc1ccccc1-2. The van der Waals surface area contributed by atoms with Crippen molar-refractivity contribution >= 4 is 17.4 Å². The molecule has 1 nitrogen and oxygen atoms in total. The first-order valence-corrected chi connectivity index (χ1v) is 7.22. The van der Waals surface area contributed by atoms with Crippen LogP contribution in [0.15, 0.2) is 60.2 Å². The maximum absolute atomic E-state index is 12.1. The second-order valence-electron chi connectivity index (χ2n) is 5.75. The largest absolute Gasteiger partial charge is 0.289 e. The zero-order chi connectivity index (χ0) is 14.0. The smallest absolute Gasteiger partial charge is 0.186 e. The van der Waals surface area contributed by atoms with Crippen molar-refractivity contribution in [3.8, 4) is 11.1 Å². The quantitative estimate of drug-likeness (QED) is 0.598. The Morgan fingerprint density at radius 3 is 2.67 bits per heavy atom. The molecule has 2 aromatic rings. The van der Waals surface area contributed by atoms with E-state index in [-0.39, 0.29) is 5.78 Å². The molecule has 0 N–H and O–H groups in total. The molecule has 0 saturated heterocycles. The summed E-state index contributed by atoms with van der Waals surface area (Å²) in [5.41, 5.74) is 9.77. The third-order valence-electron chi connectivity index (χ3n) is 4.68. The molecule has 21 heavy (non-hydrogen) atoms. The Bertz CT molecular complexity index is 923. The number of hydrogen-bond acceptors (Lipinski definition) is 1. The van der Waals surface area contributed by atoms with Gasteiger partial charge in [0.2, 0.25) is 0 Å². The van der Waals surface area contributed by atoms with E-state index in [0.717, 1.165) is 17.6 Å². The van der Waals surface area contributed by atoms with Gasteiger partial charge in [0.15, 0.2) is 5.78 Å². The van der Waals surface area contributed by atoms with E-state index in [0.29, 0.717) is 0 Å². The molecule has 1 heteroatoms. The van der Waals surface area contributed by atoms with Crippen LogP contribution < -0.4 is 0 Å². The standard InChI is InChI=1S/C20H12O/c21-20-7-3-6-14-16-9-8-15-13-5-2-1-4-12(13)10-17(15)18(16)11-19(14)20/h1-9,11H,10H2. The van der Waals surface area contributed by atoms with E-state index in [2.05, 4.69) is 42.5 Å². The molecule has 0 fully saturated rings. The van der Waals surface area contributed by atoms with Gasteiger partial charge in [-0.2, -0.15) is 0 Å². The lowest BCUT2D eigenvalue weighted by molar-refractivity contribution is -0.110. The highest BCUT2D eigenvalue weighted by Crippen LogP contribution is 2.46. The number of allylic oxidation sites excluding steroid dienone is 5. The topological polar surface area (TPSA) is 17.1 Å². The van der Waals surface area contributed by atoms with E-state index in [4.69, 9.17) is 0 Å². The predicted octanol–water partition coefficient (Wildman–Crippen LogP) is 4.18. The van der Waals surface area contributed by atoms with Crippen molar-refractivity contribution in [1.82, 2.24) is 0 Å². The average molecular weight is 268 g/mol. The molecule has 0 heterocycles. The maximum Gasteiger partial charge on any atom is 0.186 e. The lowest BCUT2D eigenvalue weighted by atomic mass is 9.93. The molecule has 0 unspecified atom stereocenters. The molecule has 0 amide bonds. The molecule has 3 aliphatic carbocycles. The molecule has 0 saturated carbocycles. The first-order valence-electron chi connectivity index (χ1n) is 7.22. The van der Waals surface area contributed by atoms with Gasteiger partial charge in [-0.05, 0) is 57.5 Å². The summed E-state index contributed by atoms with van der Waals surface area (Å²) in [6.07, 6.45) is 8.60. The van der Waals surface area contributed by atoms with Gasteiger partial charge in [0.05, 0.1) is 0 Å². The summed E-state index contributed by atoms with van der Waals surface area (Å²) in [6, 6.07) is 12.9. The summed E-state index contributed by atoms with van der Waals surface area (Å²) in [5.74, 6) is 0.118. The van der Waals surface area contributed by atoms with Crippen LogP contribution in [0.3, 0.4) is 0 Å². The zero-order valence-electron chi connectivity index (χ0n) is 11.4. The van der Waals surface area contributed by atoms with E-state index in [1.807, 2.05) is 12.2 Å². The van der Waals surface area contributed by atoms with Gasteiger partial charge in [-0.1, -0.05) is 48.6 Å². The van der Waals surface area contributed by atoms with E-state index < -0.39 is 0 Å². The molecule has 0 atom stereocenters. The molecule has 0 aromatic heterocycles. The summed E-state index contributed by atoms with van der Waals surface area (Å²) in [5, 5.41) is 0. The van der Waals surface area contributed by atoms with Crippen LogP contribution in [0.4, 0.5) is 0 Å². The molecule has 98 valence electrons. The monoisotopic (exact) mass is 268 g/mol. The fourth-order valence-electron chi connectivity index (χ4n) is 3.71. The van der Waals surface area contributed by atoms with Gasteiger partial charge < -0.3 is 0 Å². The second-order valence-corrected chi connectivity index (χ2v) is 5.75. The highest BCUT2D eigenvalue weighted by Gasteiger charge is 2.29. The summed E-state index contributed by atoms with van der Waals surface area (Å²) in [7, 11) is 0. The summed E-state index contributed by atoms with van der Waals surface area (Å²) in [4.78, 5) is 12.1. The number of rotatable bonds is 0. The van der Waals surface area contributed by atoms with Gasteiger partial charge >= 0.3 is 0 Å². The Hall–Kier alpha value is -2.67. The van der Waals surface area contributed by atoms with Crippen LogP contribution in [0, 0.1) is 0 Å². The lowest BCUT2D eigenvalue weighted by Crippen LogP contribution is -2.00. The third-order valence-corrected chi connectivity index (χ3v) is 4.68. The van der Waals surface area contributed by atoms with Crippen molar-refractivity contribution in [2.75, 3.05) is 0 Å². The van der Waals surface area contributed by atoms with Crippen LogP contribution in [-0.4, -0.2) is 5.78 Å². The van der Waals surface area contributed by atoms with Gasteiger partial charge in [-0.3, -0.25) is 4.79 Å². The van der Waals surface area contributed by atoms with Gasteiger partial charge in [0, 0.05) is 5.57 Å².